The Kier molecular flexibility index (Phi) is 7.87. The molecular formula is C19H26F3N3O4S. The summed E-state index contributed by atoms with van der Waals surface area (Å²) in [4.78, 5) is 41.9. The number of thiophene rings is 1. The molecule has 2 atom stereocenters. The quantitative estimate of drug-likeness (QED) is 0.761. The van der Waals surface area contributed by atoms with Crippen LogP contribution in [0.1, 0.15) is 16.2 Å². The largest absolute Gasteiger partial charge is 0.490 e. The van der Waals surface area contributed by atoms with Crippen molar-refractivity contribution in [3.63, 3.8) is 0 Å². The molecule has 0 aromatic carbocycles. The summed E-state index contributed by atoms with van der Waals surface area (Å²) in [6, 6.07) is 4.34. The fraction of sp³-hybridized carbons (Fsp3) is 0.632. The summed E-state index contributed by atoms with van der Waals surface area (Å²) < 4.78 is 31.7. The van der Waals surface area contributed by atoms with E-state index in [0.29, 0.717) is 12.5 Å². The van der Waals surface area contributed by atoms with Gasteiger partial charge in [0, 0.05) is 50.0 Å². The molecule has 0 bridgehead atoms. The van der Waals surface area contributed by atoms with Gasteiger partial charge in [-0.05, 0) is 31.4 Å². The van der Waals surface area contributed by atoms with Crippen LogP contribution in [0.5, 0.6) is 0 Å². The Balaban J connectivity index is 0.000000396. The molecule has 0 radical (unpaired) electrons. The van der Waals surface area contributed by atoms with Crippen molar-refractivity contribution in [2.45, 2.75) is 26.1 Å². The first-order valence-electron chi connectivity index (χ1n) is 9.45. The summed E-state index contributed by atoms with van der Waals surface area (Å²) in [6.45, 7) is 5.83. The van der Waals surface area contributed by atoms with Crippen LogP contribution >= 0.6 is 11.3 Å². The monoisotopic (exact) mass is 449 g/mol. The topological polar surface area (TPSA) is 81.2 Å². The molecule has 2 saturated heterocycles. The van der Waals surface area contributed by atoms with Crippen molar-refractivity contribution in [3.05, 3.63) is 21.9 Å². The zero-order valence-corrected chi connectivity index (χ0v) is 17.9. The van der Waals surface area contributed by atoms with Gasteiger partial charge in [-0.15, -0.1) is 11.3 Å². The number of rotatable bonds is 4. The van der Waals surface area contributed by atoms with Gasteiger partial charge in [0.25, 0.3) is 0 Å². The van der Waals surface area contributed by atoms with Gasteiger partial charge >= 0.3 is 12.1 Å². The third-order valence-corrected chi connectivity index (χ3v) is 6.14. The lowest BCUT2D eigenvalue weighted by Gasteiger charge is -2.34. The Bertz CT molecular complexity index is 781. The second-order valence-electron chi connectivity index (χ2n) is 7.71. The van der Waals surface area contributed by atoms with Gasteiger partial charge in [-0.1, -0.05) is 0 Å². The van der Waals surface area contributed by atoms with Crippen LogP contribution in [0.25, 0.3) is 0 Å². The van der Waals surface area contributed by atoms with Crippen LogP contribution in [0, 0.1) is 18.8 Å². The average Bonchev–Trinajstić information content (AvgIpc) is 3.23. The van der Waals surface area contributed by atoms with Gasteiger partial charge in [0.05, 0.1) is 12.5 Å². The molecule has 0 aliphatic carbocycles. The second kappa shape index (κ2) is 9.78. The lowest BCUT2D eigenvalue weighted by molar-refractivity contribution is -0.192. The molecule has 1 aromatic rings. The normalized spacial score (nSPS) is 21.7. The maximum atomic E-state index is 12.7. The zero-order valence-electron chi connectivity index (χ0n) is 17.1. The van der Waals surface area contributed by atoms with E-state index in [1.54, 1.807) is 23.9 Å². The average molecular weight is 449 g/mol. The number of amides is 2. The number of nitrogens with zero attached hydrogens (tertiary/aromatic N) is 3. The molecule has 0 saturated carbocycles. The van der Waals surface area contributed by atoms with Gasteiger partial charge in [-0.2, -0.15) is 13.2 Å². The third-order valence-electron chi connectivity index (χ3n) is 5.16. The number of likely N-dealkylation sites (tertiary alicyclic amines) is 2. The van der Waals surface area contributed by atoms with Crippen molar-refractivity contribution >= 4 is 29.1 Å². The number of carbonyl (C=O) groups is 3. The number of carboxylic acids is 1. The van der Waals surface area contributed by atoms with Gasteiger partial charge in [0.2, 0.25) is 11.8 Å². The first-order valence-corrected chi connectivity index (χ1v) is 10.3. The number of carboxylic acid groups (broad SMARTS) is 1. The first-order chi connectivity index (χ1) is 13.9. The van der Waals surface area contributed by atoms with Gasteiger partial charge in [-0.25, -0.2) is 4.79 Å². The summed E-state index contributed by atoms with van der Waals surface area (Å²) in [5, 5.41) is 7.12. The molecule has 2 fully saturated rings. The molecule has 7 nitrogen and oxygen atoms in total. The summed E-state index contributed by atoms with van der Waals surface area (Å²) >= 11 is 1.83. The molecule has 2 aliphatic heterocycles. The van der Waals surface area contributed by atoms with E-state index >= 15 is 0 Å². The van der Waals surface area contributed by atoms with E-state index in [9.17, 15) is 22.8 Å². The number of hydrogen-bond acceptors (Lipinski definition) is 5. The van der Waals surface area contributed by atoms with Crippen molar-refractivity contribution in [1.29, 1.82) is 0 Å². The highest BCUT2D eigenvalue weighted by Crippen LogP contribution is 2.33. The molecule has 0 unspecified atom stereocenters. The SMILES string of the molecule is Cc1ccc(CN2C[C@@H]3CCN(CC(=O)N(C)C)C(=O)[C@H]3C2)s1.O=C(O)C(F)(F)F. The lowest BCUT2D eigenvalue weighted by atomic mass is 9.88. The predicted octanol–water partition coefficient (Wildman–Crippen LogP) is 2.06. The third kappa shape index (κ3) is 6.43. The van der Waals surface area contributed by atoms with Crippen LogP contribution in [0.2, 0.25) is 0 Å². The highest BCUT2D eigenvalue weighted by molar-refractivity contribution is 7.11. The van der Waals surface area contributed by atoms with Crippen molar-refractivity contribution in [1.82, 2.24) is 14.7 Å². The number of aryl methyl sites for hydroxylation is 1. The fourth-order valence-corrected chi connectivity index (χ4v) is 4.51. The van der Waals surface area contributed by atoms with E-state index < -0.39 is 12.1 Å². The number of likely N-dealkylation sites (N-methyl/N-ethyl adjacent to an activating group) is 1. The molecule has 2 aliphatic rings. The Labute approximate surface area is 177 Å². The van der Waals surface area contributed by atoms with Gasteiger partial charge in [-0.3, -0.25) is 14.5 Å². The van der Waals surface area contributed by atoms with E-state index in [-0.39, 0.29) is 24.3 Å². The molecule has 11 heteroatoms. The van der Waals surface area contributed by atoms with Crippen LogP contribution < -0.4 is 0 Å². The molecule has 30 heavy (non-hydrogen) atoms. The number of alkyl halides is 3. The van der Waals surface area contributed by atoms with E-state index in [1.165, 1.54) is 9.75 Å². The predicted molar refractivity (Wildman–Crippen MR) is 105 cm³/mol. The summed E-state index contributed by atoms with van der Waals surface area (Å²) in [5.74, 6) is -2.07. The van der Waals surface area contributed by atoms with Crippen molar-refractivity contribution in [3.8, 4) is 0 Å². The molecule has 3 heterocycles. The zero-order chi connectivity index (χ0) is 22.6. The molecule has 2 amide bonds. The molecule has 168 valence electrons. The number of fused-ring (bicyclic) bond motifs is 1. The first kappa shape index (κ1) is 24.1. The molecule has 3 rings (SSSR count). The van der Waals surface area contributed by atoms with E-state index in [2.05, 4.69) is 24.0 Å². The standard InChI is InChI=1S/C17H25N3O2S.C2HF3O2/c1-12-4-5-14(23-12)9-19-8-13-6-7-20(11-16(21)18(2)3)17(22)15(13)10-19;3-2(4,5)1(6)7/h4-5,13,15H,6-11H2,1-3H3;(H,6,7)/t13-,15-;/m0./s1. The van der Waals surface area contributed by atoms with Crippen molar-refractivity contribution < 1.29 is 32.7 Å². The summed E-state index contributed by atoms with van der Waals surface area (Å²) in [7, 11) is 3.47. The van der Waals surface area contributed by atoms with Crippen LogP contribution in [0.3, 0.4) is 0 Å². The van der Waals surface area contributed by atoms with Gasteiger partial charge in [0.1, 0.15) is 0 Å². The van der Waals surface area contributed by atoms with E-state index in [1.807, 2.05) is 11.3 Å². The lowest BCUT2D eigenvalue weighted by Crippen LogP contribution is -2.49. The van der Waals surface area contributed by atoms with Crippen LogP contribution in [0.15, 0.2) is 12.1 Å². The maximum Gasteiger partial charge on any atom is 0.490 e. The number of carbonyl (C=O) groups excluding carboxylic acids is 2. The number of piperidine rings is 1. The summed E-state index contributed by atoms with van der Waals surface area (Å²) in [6.07, 6.45) is -4.07. The molecule has 1 N–H and O–H groups in total. The molecular weight excluding hydrogens is 423 g/mol. The van der Waals surface area contributed by atoms with Gasteiger partial charge in [0.15, 0.2) is 0 Å². The Morgan fingerprint density at radius 2 is 1.90 bits per heavy atom. The van der Waals surface area contributed by atoms with Gasteiger partial charge < -0.3 is 14.9 Å². The number of halogens is 3. The minimum absolute atomic E-state index is 0.000661. The van der Waals surface area contributed by atoms with Crippen LogP contribution in [0.4, 0.5) is 13.2 Å². The number of hydrogen-bond donors (Lipinski definition) is 1. The Hall–Kier alpha value is -2.14. The fourth-order valence-electron chi connectivity index (χ4n) is 3.58. The summed E-state index contributed by atoms with van der Waals surface area (Å²) in [5.41, 5.74) is 0. The maximum absolute atomic E-state index is 12.7. The minimum Gasteiger partial charge on any atom is -0.475 e. The molecule has 0 spiro atoms. The highest BCUT2D eigenvalue weighted by atomic mass is 32.1. The smallest absolute Gasteiger partial charge is 0.475 e. The Morgan fingerprint density at radius 1 is 1.27 bits per heavy atom. The second-order valence-corrected chi connectivity index (χ2v) is 9.09. The van der Waals surface area contributed by atoms with Crippen molar-refractivity contribution in [2.75, 3.05) is 40.3 Å². The van der Waals surface area contributed by atoms with Crippen LogP contribution in [-0.2, 0) is 20.9 Å². The number of aliphatic carboxylic acids is 1. The van der Waals surface area contributed by atoms with E-state index in [0.717, 1.165) is 26.1 Å². The highest BCUT2D eigenvalue weighted by Gasteiger charge is 2.43. The molecule has 1 aromatic heterocycles. The Morgan fingerprint density at radius 3 is 2.40 bits per heavy atom. The van der Waals surface area contributed by atoms with Crippen LogP contribution in [-0.4, -0.2) is 84.0 Å². The van der Waals surface area contributed by atoms with E-state index in [4.69, 9.17) is 9.90 Å². The minimum atomic E-state index is -5.08. The van der Waals surface area contributed by atoms with Crippen molar-refractivity contribution in [2.24, 2.45) is 11.8 Å².